The zero-order valence-corrected chi connectivity index (χ0v) is 16.6. The van der Waals surface area contributed by atoms with Crippen LogP contribution in [0, 0.1) is 19.8 Å². The quantitative estimate of drug-likeness (QED) is 0.854. The Labute approximate surface area is 161 Å². The van der Waals surface area contributed by atoms with Gasteiger partial charge < -0.3 is 10.2 Å². The van der Waals surface area contributed by atoms with E-state index in [1.807, 2.05) is 38.1 Å². The summed E-state index contributed by atoms with van der Waals surface area (Å²) in [5.74, 6) is -0.370. The van der Waals surface area contributed by atoms with E-state index >= 15 is 0 Å². The molecule has 0 radical (unpaired) electrons. The Morgan fingerprint density at radius 3 is 2.15 bits per heavy atom. The number of rotatable bonds is 5. The fourth-order valence-corrected chi connectivity index (χ4v) is 3.96. The van der Waals surface area contributed by atoms with Crippen molar-refractivity contribution >= 4 is 23.2 Å². The number of hydrogen-bond donors (Lipinski definition) is 1. The summed E-state index contributed by atoms with van der Waals surface area (Å²) in [6.45, 7) is 8.63. The van der Waals surface area contributed by atoms with Gasteiger partial charge in [-0.1, -0.05) is 50.2 Å². The highest BCUT2D eigenvalue weighted by atomic mass is 16.2. The molecule has 0 aromatic heterocycles. The Bertz CT molecular complexity index is 830. The molecule has 27 heavy (non-hydrogen) atoms. The molecule has 0 spiro atoms. The molecular formula is C23H28N2O2. The van der Waals surface area contributed by atoms with Crippen LogP contribution in [-0.2, 0) is 22.4 Å². The van der Waals surface area contributed by atoms with Crippen molar-refractivity contribution in [3.63, 3.8) is 0 Å². The number of nitrogens with zero attached hydrogens (tertiary/aromatic N) is 1. The fraction of sp³-hybridized carbons (Fsp3) is 0.391. The van der Waals surface area contributed by atoms with Crippen LogP contribution in [0.1, 0.15) is 42.5 Å². The Hall–Kier alpha value is -2.62. The van der Waals surface area contributed by atoms with E-state index in [-0.39, 0.29) is 24.2 Å². The highest BCUT2D eigenvalue weighted by Crippen LogP contribution is 2.32. The summed E-state index contributed by atoms with van der Waals surface area (Å²) in [5, 5.41) is 3.13. The van der Waals surface area contributed by atoms with Crippen molar-refractivity contribution in [3.8, 4) is 0 Å². The van der Waals surface area contributed by atoms with E-state index in [1.165, 1.54) is 0 Å². The molecule has 2 aromatic carbocycles. The van der Waals surface area contributed by atoms with Gasteiger partial charge in [-0.2, -0.15) is 0 Å². The zero-order chi connectivity index (χ0) is 19.6. The topological polar surface area (TPSA) is 49.4 Å². The third-order valence-electron chi connectivity index (χ3n) is 5.45. The van der Waals surface area contributed by atoms with Crippen LogP contribution >= 0.6 is 0 Å². The van der Waals surface area contributed by atoms with Gasteiger partial charge in [0.1, 0.15) is 0 Å². The van der Waals surface area contributed by atoms with Crippen molar-refractivity contribution in [2.45, 2.75) is 47.0 Å². The molecule has 1 atom stereocenters. The summed E-state index contributed by atoms with van der Waals surface area (Å²) < 4.78 is 0. The summed E-state index contributed by atoms with van der Waals surface area (Å²) in [6.07, 6.45) is 1.98. The van der Waals surface area contributed by atoms with E-state index in [0.717, 1.165) is 46.5 Å². The van der Waals surface area contributed by atoms with Gasteiger partial charge in [-0.25, -0.2) is 0 Å². The standard InChI is InChI=1S/C23H28N2O2/c1-5-17-11-8-12-18(6-2)21(17)24-23(27)19-13-20(26)25(14-19)22-15(3)9-7-10-16(22)4/h7-12,19H,5-6,13-14H2,1-4H3,(H,24,27)/t19-/m1/s1. The van der Waals surface area contributed by atoms with E-state index in [9.17, 15) is 9.59 Å². The molecule has 0 bridgehead atoms. The molecular weight excluding hydrogens is 336 g/mol. The van der Waals surface area contributed by atoms with E-state index in [0.29, 0.717) is 6.54 Å². The van der Waals surface area contributed by atoms with Gasteiger partial charge in [0.25, 0.3) is 0 Å². The Kier molecular flexibility index (Phi) is 5.64. The van der Waals surface area contributed by atoms with E-state index in [4.69, 9.17) is 0 Å². The van der Waals surface area contributed by atoms with Crippen molar-refractivity contribution in [1.29, 1.82) is 0 Å². The number of carbonyl (C=O) groups is 2. The molecule has 1 aliphatic rings. The maximum Gasteiger partial charge on any atom is 0.229 e. The second kappa shape index (κ2) is 7.95. The Morgan fingerprint density at radius 2 is 1.59 bits per heavy atom. The van der Waals surface area contributed by atoms with Gasteiger partial charge in [0.05, 0.1) is 5.92 Å². The maximum absolute atomic E-state index is 13.0. The lowest BCUT2D eigenvalue weighted by atomic mass is 10.0. The molecule has 0 unspecified atom stereocenters. The molecule has 1 saturated heterocycles. The van der Waals surface area contributed by atoms with E-state index in [1.54, 1.807) is 4.90 Å². The number of benzene rings is 2. The Balaban J connectivity index is 1.81. The average molecular weight is 364 g/mol. The smallest absolute Gasteiger partial charge is 0.229 e. The number of para-hydroxylation sites is 2. The molecule has 142 valence electrons. The van der Waals surface area contributed by atoms with Crippen LogP contribution in [0.5, 0.6) is 0 Å². The molecule has 1 aliphatic heterocycles. The number of carbonyl (C=O) groups excluding carboxylic acids is 2. The first kappa shape index (κ1) is 19.2. The van der Waals surface area contributed by atoms with Gasteiger partial charge in [-0.3, -0.25) is 9.59 Å². The highest BCUT2D eigenvalue weighted by molar-refractivity contribution is 6.04. The number of nitrogens with one attached hydrogen (secondary N) is 1. The van der Waals surface area contributed by atoms with Crippen molar-refractivity contribution in [1.82, 2.24) is 0 Å². The van der Waals surface area contributed by atoms with E-state index < -0.39 is 0 Å². The van der Waals surface area contributed by atoms with Crippen molar-refractivity contribution in [2.24, 2.45) is 5.92 Å². The summed E-state index contributed by atoms with van der Waals surface area (Å²) in [5.41, 5.74) is 6.27. The van der Waals surface area contributed by atoms with Crippen LogP contribution < -0.4 is 10.2 Å². The predicted molar refractivity (Wildman–Crippen MR) is 110 cm³/mol. The molecule has 0 aliphatic carbocycles. The normalized spacial score (nSPS) is 16.7. The minimum Gasteiger partial charge on any atom is -0.325 e. The largest absolute Gasteiger partial charge is 0.325 e. The first-order chi connectivity index (χ1) is 13.0. The Morgan fingerprint density at radius 1 is 1.04 bits per heavy atom. The third-order valence-corrected chi connectivity index (χ3v) is 5.45. The molecule has 1 fully saturated rings. The van der Waals surface area contributed by atoms with Gasteiger partial charge in [0.15, 0.2) is 0 Å². The predicted octanol–water partition coefficient (Wildman–Crippen LogP) is 4.42. The van der Waals surface area contributed by atoms with Crippen molar-refractivity contribution in [2.75, 3.05) is 16.8 Å². The summed E-state index contributed by atoms with van der Waals surface area (Å²) in [7, 11) is 0. The van der Waals surface area contributed by atoms with Crippen LogP contribution in [0.15, 0.2) is 36.4 Å². The number of amides is 2. The molecule has 4 nitrogen and oxygen atoms in total. The zero-order valence-electron chi connectivity index (χ0n) is 16.6. The fourth-order valence-electron chi connectivity index (χ4n) is 3.96. The minimum atomic E-state index is -0.328. The van der Waals surface area contributed by atoms with Crippen molar-refractivity contribution < 1.29 is 9.59 Å². The first-order valence-corrected chi connectivity index (χ1v) is 9.74. The lowest BCUT2D eigenvalue weighted by molar-refractivity contribution is -0.122. The third kappa shape index (κ3) is 3.75. The molecule has 2 amide bonds. The number of hydrogen-bond acceptors (Lipinski definition) is 2. The molecule has 4 heteroatoms. The molecule has 1 N–H and O–H groups in total. The molecule has 1 heterocycles. The summed E-state index contributed by atoms with van der Waals surface area (Å²) >= 11 is 0. The van der Waals surface area contributed by atoms with E-state index in [2.05, 4.69) is 31.3 Å². The van der Waals surface area contributed by atoms with Crippen LogP contribution in [-0.4, -0.2) is 18.4 Å². The van der Waals surface area contributed by atoms with Crippen LogP contribution in [0.3, 0.4) is 0 Å². The van der Waals surface area contributed by atoms with Gasteiger partial charge >= 0.3 is 0 Å². The molecule has 3 rings (SSSR count). The SMILES string of the molecule is CCc1cccc(CC)c1NC(=O)[C@@H]1CC(=O)N(c2c(C)cccc2C)C1. The van der Waals surface area contributed by atoms with Crippen LogP contribution in [0.25, 0.3) is 0 Å². The average Bonchev–Trinajstić information content (AvgIpc) is 3.03. The first-order valence-electron chi connectivity index (χ1n) is 9.74. The number of anilines is 2. The second-order valence-corrected chi connectivity index (χ2v) is 7.29. The highest BCUT2D eigenvalue weighted by Gasteiger charge is 2.36. The monoisotopic (exact) mass is 364 g/mol. The van der Waals surface area contributed by atoms with Crippen LogP contribution in [0.4, 0.5) is 11.4 Å². The summed E-state index contributed by atoms with van der Waals surface area (Å²) in [6, 6.07) is 12.2. The maximum atomic E-state index is 13.0. The van der Waals surface area contributed by atoms with Gasteiger partial charge in [0, 0.05) is 24.3 Å². The van der Waals surface area contributed by atoms with Gasteiger partial charge in [0.2, 0.25) is 11.8 Å². The van der Waals surface area contributed by atoms with Gasteiger partial charge in [-0.05, 0) is 48.9 Å². The minimum absolute atomic E-state index is 0.0204. The van der Waals surface area contributed by atoms with Gasteiger partial charge in [-0.15, -0.1) is 0 Å². The lowest BCUT2D eigenvalue weighted by Crippen LogP contribution is -2.29. The second-order valence-electron chi connectivity index (χ2n) is 7.29. The molecule has 0 saturated carbocycles. The lowest BCUT2D eigenvalue weighted by Gasteiger charge is -2.22. The summed E-state index contributed by atoms with van der Waals surface area (Å²) in [4.78, 5) is 27.4. The number of aryl methyl sites for hydroxylation is 4. The van der Waals surface area contributed by atoms with Crippen molar-refractivity contribution in [3.05, 3.63) is 58.7 Å². The molecule has 2 aromatic rings. The van der Waals surface area contributed by atoms with Crippen LogP contribution in [0.2, 0.25) is 0 Å².